The minimum Gasteiger partial charge on any atom is -0.489 e. The van der Waals surface area contributed by atoms with Gasteiger partial charge in [0, 0.05) is 31.1 Å². The van der Waals surface area contributed by atoms with Crippen LogP contribution in [0.5, 0.6) is 5.75 Å². The van der Waals surface area contributed by atoms with Gasteiger partial charge >= 0.3 is 12.1 Å². The Morgan fingerprint density at radius 3 is 2.49 bits per heavy atom. The molecule has 2 bridgehead atoms. The number of nitrogens with zero attached hydrogens (tertiary/aromatic N) is 2. The summed E-state index contributed by atoms with van der Waals surface area (Å²) in [6.45, 7) is 2.00. The maximum Gasteiger partial charge on any atom is 0.471 e. The van der Waals surface area contributed by atoms with Crippen LogP contribution in [0.4, 0.5) is 13.2 Å². The van der Waals surface area contributed by atoms with E-state index in [1.165, 1.54) is 12.8 Å². The number of rotatable bonds is 5. The Hall–Kier alpha value is -2.58. The van der Waals surface area contributed by atoms with Crippen LogP contribution in [0.25, 0.3) is 0 Å². The lowest BCUT2D eigenvalue weighted by atomic mass is 9.52. The zero-order chi connectivity index (χ0) is 25.8. The largest absolute Gasteiger partial charge is 0.489 e. The molecule has 2 aromatic carbocycles. The Balaban J connectivity index is 1.36. The molecule has 37 heavy (non-hydrogen) atoms. The van der Waals surface area contributed by atoms with Gasteiger partial charge in [-0.2, -0.15) is 13.2 Å². The number of fused-ring (bicyclic) bond motifs is 1. The fourth-order valence-corrected chi connectivity index (χ4v) is 7.07. The molecule has 1 amide bonds. The Morgan fingerprint density at radius 1 is 1.03 bits per heavy atom. The molecule has 1 N–H and O–H groups in total. The van der Waals surface area contributed by atoms with Crippen LogP contribution >= 0.6 is 0 Å². The highest BCUT2D eigenvalue weighted by Gasteiger charge is 2.64. The predicted molar refractivity (Wildman–Crippen MR) is 132 cm³/mol. The number of amides is 1. The fourth-order valence-electron chi connectivity index (χ4n) is 7.07. The molecule has 2 aromatic rings. The first-order valence-electron chi connectivity index (χ1n) is 13.3. The molecule has 3 atom stereocenters. The van der Waals surface area contributed by atoms with Crippen LogP contribution in [0, 0.1) is 5.92 Å². The topological polar surface area (TPSA) is 53.0 Å². The van der Waals surface area contributed by atoms with E-state index in [2.05, 4.69) is 11.0 Å². The first-order chi connectivity index (χ1) is 17.7. The number of halogens is 3. The van der Waals surface area contributed by atoms with Gasteiger partial charge in [0.25, 0.3) is 0 Å². The van der Waals surface area contributed by atoms with Gasteiger partial charge in [-0.1, -0.05) is 36.4 Å². The highest BCUT2D eigenvalue weighted by molar-refractivity contribution is 5.82. The fraction of sp³-hybridized carbons (Fsp3) is 0.552. The number of hydrogen-bond donors (Lipinski definition) is 1. The molecule has 8 heteroatoms. The molecular formula is C29H33F3N2O3. The molecule has 0 aromatic heterocycles. The van der Waals surface area contributed by atoms with Crippen molar-refractivity contribution in [3.8, 4) is 5.75 Å². The van der Waals surface area contributed by atoms with Crippen molar-refractivity contribution in [3.63, 3.8) is 0 Å². The maximum atomic E-state index is 13.3. The molecule has 1 saturated carbocycles. The molecule has 6 rings (SSSR count). The number of likely N-dealkylation sites (tertiary alicyclic amines) is 2. The number of ether oxygens (including phenoxy) is 1. The number of benzene rings is 2. The van der Waals surface area contributed by atoms with E-state index in [1.807, 2.05) is 42.5 Å². The van der Waals surface area contributed by atoms with Gasteiger partial charge in [-0.05, 0) is 79.8 Å². The number of carbonyl (C=O) groups is 1. The van der Waals surface area contributed by atoms with Crippen LogP contribution in [-0.2, 0) is 23.2 Å². The molecule has 198 valence electrons. The highest BCUT2D eigenvalue weighted by Crippen LogP contribution is 2.57. The Kier molecular flexibility index (Phi) is 6.03. The zero-order valence-corrected chi connectivity index (χ0v) is 20.8. The van der Waals surface area contributed by atoms with Crippen molar-refractivity contribution < 1.29 is 27.8 Å². The zero-order valence-electron chi connectivity index (χ0n) is 20.8. The number of alkyl halides is 3. The maximum absolute atomic E-state index is 13.3. The van der Waals surface area contributed by atoms with E-state index in [1.54, 1.807) is 0 Å². The number of hydrogen-bond acceptors (Lipinski definition) is 4. The molecular weight excluding hydrogens is 481 g/mol. The SMILES string of the molecule is O=C(N1CCC23CCN(CC4CC4)C(Cc4ccc(OCc5ccccc5)cc42)C3(O)CC1)C(F)(F)F. The Morgan fingerprint density at radius 2 is 1.76 bits per heavy atom. The summed E-state index contributed by atoms with van der Waals surface area (Å²) >= 11 is 0. The third kappa shape index (κ3) is 4.32. The smallest absolute Gasteiger partial charge is 0.471 e. The van der Waals surface area contributed by atoms with E-state index in [0.29, 0.717) is 37.5 Å². The van der Waals surface area contributed by atoms with Gasteiger partial charge in [-0.25, -0.2) is 0 Å². The monoisotopic (exact) mass is 514 g/mol. The van der Waals surface area contributed by atoms with E-state index in [-0.39, 0.29) is 25.6 Å². The minimum atomic E-state index is -4.92. The Labute approximate surface area is 215 Å². The summed E-state index contributed by atoms with van der Waals surface area (Å²) < 4.78 is 46.2. The quantitative estimate of drug-likeness (QED) is 0.640. The van der Waals surface area contributed by atoms with E-state index in [0.717, 1.165) is 34.7 Å². The third-order valence-electron chi connectivity index (χ3n) is 9.20. The average Bonchev–Trinajstić information content (AvgIpc) is 3.71. The summed E-state index contributed by atoms with van der Waals surface area (Å²) in [4.78, 5) is 15.5. The van der Waals surface area contributed by atoms with Crippen LogP contribution < -0.4 is 4.74 Å². The standard InChI is InChI=1S/C29H33F3N2O3/c30-29(31,32)26(35)33-13-10-27-11-14-34(18-20-6-7-20)25(28(27,36)12-15-33)16-22-8-9-23(17-24(22)27)37-19-21-4-2-1-3-5-21/h1-5,8-9,17,20,25,36H,6-7,10-16,18-19H2. The molecule has 0 radical (unpaired) electrons. The van der Waals surface area contributed by atoms with Crippen molar-refractivity contribution in [2.75, 3.05) is 26.2 Å². The van der Waals surface area contributed by atoms with Crippen molar-refractivity contribution >= 4 is 5.91 Å². The van der Waals surface area contributed by atoms with Crippen molar-refractivity contribution in [3.05, 3.63) is 65.2 Å². The number of aliphatic hydroxyl groups is 1. The normalized spacial score (nSPS) is 29.7. The van der Waals surface area contributed by atoms with Crippen LogP contribution in [0.3, 0.4) is 0 Å². The van der Waals surface area contributed by atoms with Gasteiger partial charge in [0.05, 0.1) is 5.60 Å². The number of carbonyl (C=O) groups excluding carboxylic acids is 1. The first kappa shape index (κ1) is 24.7. The summed E-state index contributed by atoms with van der Waals surface area (Å²) in [5.74, 6) is -0.485. The Bertz CT molecular complexity index is 1170. The molecule has 2 saturated heterocycles. The lowest BCUT2D eigenvalue weighted by Gasteiger charge is -2.61. The second-order valence-corrected chi connectivity index (χ2v) is 11.3. The van der Waals surface area contributed by atoms with Gasteiger partial charge in [-0.15, -0.1) is 0 Å². The second-order valence-electron chi connectivity index (χ2n) is 11.3. The van der Waals surface area contributed by atoms with E-state index < -0.39 is 23.1 Å². The van der Waals surface area contributed by atoms with Crippen LogP contribution in [0.2, 0.25) is 0 Å². The van der Waals surface area contributed by atoms with E-state index in [9.17, 15) is 23.1 Å². The minimum absolute atomic E-state index is 0.0233. The summed E-state index contributed by atoms with van der Waals surface area (Å²) in [5, 5.41) is 12.5. The van der Waals surface area contributed by atoms with Crippen LogP contribution in [0.1, 0.15) is 48.8 Å². The highest BCUT2D eigenvalue weighted by atomic mass is 19.4. The van der Waals surface area contributed by atoms with Gasteiger partial charge in [-0.3, -0.25) is 9.69 Å². The van der Waals surface area contributed by atoms with E-state index in [4.69, 9.17) is 4.74 Å². The molecule has 2 aliphatic carbocycles. The number of piperidine rings is 1. The van der Waals surface area contributed by atoms with Crippen LogP contribution in [0.15, 0.2) is 48.5 Å². The molecule has 3 fully saturated rings. The van der Waals surface area contributed by atoms with Gasteiger partial charge < -0.3 is 14.7 Å². The van der Waals surface area contributed by atoms with Crippen molar-refractivity contribution in [2.24, 2.45) is 5.92 Å². The van der Waals surface area contributed by atoms with Crippen molar-refractivity contribution in [1.29, 1.82) is 0 Å². The molecule has 0 spiro atoms. The van der Waals surface area contributed by atoms with Crippen molar-refractivity contribution in [2.45, 2.75) is 68.4 Å². The molecule has 3 unspecified atom stereocenters. The summed E-state index contributed by atoms with van der Waals surface area (Å²) in [5.41, 5.74) is 1.20. The predicted octanol–water partition coefficient (Wildman–Crippen LogP) is 4.46. The van der Waals surface area contributed by atoms with Crippen molar-refractivity contribution in [1.82, 2.24) is 9.80 Å². The lowest BCUT2D eigenvalue weighted by molar-refractivity contribution is -0.185. The molecule has 5 nitrogen and oxygen atoms in total. The lowest BCUT2D eigenvalue weighted by Crippen LogP contribution is -2.71. The summed E-state index contributed by atoms with van der Waals surface area (Å²) in [6, 6.07) is 15.7. The molecule has 2 heterocycles. The molecule has 2 aliphatic heterocycles. The molecule has 4 aliphatic rings. The van der Waals surface area contributed by atoms with Crippen LogP contribution in [-0.4, -0.2) is 64.8 Å². The third-order valence-corrected chi connectivity index (χ3v) is 9.20. The van der Waals surface area contributed by atoms with E-state index >= 15 is 0 Å². The second kappa shape index (κ2) is 9.02. The van der Waals surface area contributed by atoms with Gasteiger partial charge in [0.15, 0.2) is 0 Å². The summed E-state index contributed by atoms with van der Waals surface area (Å²) in [6.07, 6.45) is -0.802. The average molecular weight is 515 g/mol. The van der Waals surface area contributed by atoms with Gasteiger partial charge in [0.1, 0.15) is 12.4 Å². The first-order valence-corrected chi connectivity index (χ1v) is 13.3. The summed E-state index contributed by atoms with van der Waals surface area (Å²) in [7, 11) is 0. The van der Waals surface area contributed by atoms with Gasteiger partial charge in [0.2, 0.25) is 0 Å².